The highest BCUT2D eigenvalue weighted by Crippen LogP contribution is 2.32. The van der Waals surface area contributed by atoms with Crippen molar-refractivity contribution in [1.82, 2.24) is 5.32 Å². The van der Waals surface area contributed by atoms with Crippen LogP contribution in [0.3, 0.4) is 0 Å². The second-order valence-electron chi connectivity index (χ2n) is 8.27. The van der Waals surface area contributed by atoms with Crippen LogP contribution in [-0.4, -0.2) is 25.0 Å². The van der Waals surface area contributed by atoms with Crippen LogP contribution in [0.5, 0.6) is 11.5 Å². The van der Waals surface area contributed by atoms with Crippen LogP contribution in [-0.2, 0) is 16.2 Å². The molecule has 4 amide bonds. The van der Waals surface area contributed by atoms with Gasteiger partial charge in [0.2, 0.25) is 0 Å². The number of methoxy groups -OCH3 is 1. The van der Waals surface area contributed by atoms with Gasteiger partial charge in [0, 0.05) is 5.56 Å². The molecule has 8 heteroatoms. The number of nitrogens with zero attached hydrogens (tertiary/aromatic N) is 1. The van der Waals surface area contributed by atoms with Gasteiger partial charge in [-0.1, -0.05) is 42.5 Å². The van der Waals surface area contributed by atoms with E-state index in [1.807, 2.05) is 30.3 Å². The predicted octanol–water partition coefficient (Wildman–Crippen LogP) is 5.23. The van der Waals surface area contributed by atoms with Gasteiger partial charge >= 0.3 is 6.03 Å². The van der Waals surface area contributed by atoms with Crippen molar-refractivity contribution in [3.63, 3.8) is 0 Å². The Kier molecular flexibility index (Phi) is 6.38. The monoisotopic (exact) mass is 496 g/mol. The molecule has 1 aliphatic heterocycles. The van der Waals surface area contributed by atoms with Crippen LogP contribution in [0.15, 0.2) is 90.5 Å². The third kappa shape index (κ3) is 4.77. The van der Waals surface area contributed by atoms with Gasteiger partial charge in [-0.3, -0.25) is 14.9 Å². The number of hydrogen-bond acceptors (Lipinski definition) is 5. The molecule has 4 aromatic carbocycles. The average molecular weight is 496 g/mol. The summed E-state index contributed by atoms with van der Waals surface area (Å²) in [5.41, 5.74) is 1.15. The molecule has 1 saturated heterocycles. The van der Waals surface area contributed by atoms with Crippen molar-refractivity contribution in [3.05, 3.63) is 107 Å². The highest BCUT2D eigenvalue weighted by atomic mass is 19.1. The molecule has 0 atom stereocenters. The van der Waals surface area contributed by atoms with Gasteiger partial charge in [-0.15, -0.1) is 0 Å². The molecule has 4 aromatic rings. The lowest BCUT2D eigenvalue weighted by atomic mass is 9.99. The third-order valence-electron chi connectivity index (χ3n) is 5.94. The molecular formula is C29H21FN2O5. The molecule has 1 N–H and O–H groups in total. The number of nitrogens with one attached hydrogen (secondary N) is 1. The fourth-order valence-electron chi connectivity index (χ4n) is 4.11. The number of imide groups is 2. The summed E-state index contributed by atoms with van der Waals surface area (Å²) in [5, 5.41) is 3.83. The first kappa shape index (κ1) is 23.7. The molecule has 0 unspecified atom stereocenters. The first-order chi connectivity index (χ1) is 17.9. The van der Waals surface area contributed by atoms with Gasteiger partial charge in [0.15, 0.2) is 0 Å². The fraction of sp³-hybridized carbons (Fsp3) is 0.0690. The number of carbonyl (C=O) groups is 3. The van der Waals surface area contributed by atoms with Crippen molar-refractivity contribution < 1.29 is 28.2 Å². The van der Waals surface area contributed by atoms with Crippen molar-refractivity contribution in [3.8, 4) is 11.5 Å². The number of fused-ring (bicyclic) bond motifs is 1. The fourth-order valence-corrected chi connectivity index (χ4v) is 4.11. The van der Waals surface area contributed by atoms with E-state index >= 15 is 0 Å². The molecular weight excluding hydrogens is 475 g/mol. The smallest absolute Gasteiger partial charge is 0.335 e. The van der Waals surface area contributed by atoms with Gasteiger partial charge in [-0.2, -0.15) is 0 Å². The lowest BCUT2D eigenvalue weighted by molar-refractivity contribution is -0.122. The van der Waals surface area contributed by atoms with Crippen LogP contribution in [0.25, 0.3) is 16.8 Å². The summed E-state index contributed by atoms with van der Waals surface area (Å²) in [4.78, 5) is 39.7. The van der Waals surface area contributed by atoms with E-state index in [1.165, 1.54) is 25.3 Å². The zero-order valence-corrected chi connectivity index (χ0v) is 19.7. The molecule has 1 fully saturated rings. The molecule has 0 aromatic heterocycles. The molecule has 1 aliphatic rings. The van der Waals surface area contributed by atoms with Crippen LogP contribution >= 0.6 is 0 Å². The predicted molar refractivity (Wildman–Crippen MR) is 137 cm³/mol. The van der Waals surface area contributed by atoms with Crippen molar-refractivity contribution in [2.45, 2.75) is 6.61 Å². The van der Waals surface area contributed by atoms with E-state index in [0.717, 1.165) is 15.7 Å². The number of anilines is 1. The zero-order valence-electron chi connectivity index (χ0n) is 19.7. The second-order valence-corrected chi connectivity index (χ2v) is 8.27. The number of benzene rings is 4. The van der Waals surface area contributed by atoms with Crippen molar-refractivity contribution in [1.29, 1.82) is 0 Å². The molecule has 7 nitrogen and oxygen atoms in total. The number of halogens is 1. The lowest BCUT2D eigenvalue weighted by Crippen LogP contribution is -2.54. The highest BCUT2D eigenvalue weighted by Gasteiger charge is 2.37. The topological polar surface area (TPSA) is 84.9 Å². The molecule has 0 bridgehead atoms. The molecule has 37 heavy (non-hydrogen) atoms. The Morgan fingerprint density at radius 1 is 0.919 bits per heavy atom. The van der Waals surface area contributed by atoms with Gasteiger partial charge in [0.25, 0.3) is 11.8 Å². The maximum atomic E-state index is 13.6. The van der Waals surface area contributed by atoms with Crippen LogP contribution in [0.1, 0.15) is 11.1 Å². The number of amides is 4. The Hall–Kier alpha value is -4.98. The average Bonchev–Trinajstić information content (AvgIpc) is 2.90. The second kappa shape index (κ2) is 9.94. The van der Waals surface area contributed by atoms with Crippen LogP contribution in [0, 0.1) is 5.82 Å². The highest BCUT2D eigenvalue weighted by molar-refractivity contribution is 6.39. The Balaban J connectivity index is 1.56. The minimum absolute atomic E-state index is 0.0723. The zero-order chi connectivity index (χ0) is 25.9. The van der Waals surface area contributed by atoms with E-state index in [0.29, 0.717) is 22.6 Å². The third-order valence-corrected chi connectivity index (χ3v) is 5.94. The first-order valence-corrected chi connectivity index (χ1v) is 11.4. The van der Waals surface area contributed by atoms with E-state index in [4.69, 9.17) is 9.47 Å². The van der Waals surface area contributed by atoms with Crippen LogP contribution in [0.4, 0.5) is 14.9 Å². The van der Waals surface area contributed by atoms with E-state index in [9.17, 15) is 18.8 Å². The molecule has 0 aliphatic carbocycles. The number of rotatable bonds is 6. The van der Waals surface area contributed by atoms with E-state index < -0.39 is 17.8 Å². The van der Waals surface area contributed by atoms with Gasteiger partial charge in [-0.05, 0) is 64.9 Å². The van der Waals surface area contributed by atoms with E-state index in [-0.39, 0.29) is 23.7 Å². The molecule has 0 radical (unpaired) electrons. The number of urea groups is 1. The van der Waals surface area contributed by atoms with Gasteiger partial charge < -0.3 is 9.47 Å². The summed E-state index contributed by atoms with van der Waals surface area (Å²) in [6.45, 7) is 0.0723. The minimum Gasteiger partial charge on any atom is -0.497 e. The summed E-state index contributed by atoms with van der Waals surface area (Å²) in [5.74, 6) is -1.03. The Morgan fingerprint density at radius 2 is 1.70 bits per heavy atom. The lowest BCUT2D eigenvalue weighted by Gasteiger charge is -2.26. The Morgan fingerprint density at radius 3 is 2.46 bits per heavy atom. The van der Waals surface area contributed by atoms with E-state index in [1.54, 1.807) is 42.5 Å². The summed E-state index contributed by atoms with van der Waals surface area (Å²) in [6.07, 6.45) is 1.42. The summed E-state index contributed by atoms with van der Waals surface area (Å²) in [7, 11) is 1.51. The molecule has 184 valence electrons. The van der Waals surface area contributed by atoms with Gasteiger partial charge in [-0.25, -0.2) is 14.1 Å². The quantitative estimate of drug-likeness (QED) is 0.292. The number of carbonyl (C=O) groups excluding carboxylic acids is 3. The summed E-state index contributed by atoms with van der Waals surface area (Å²) < 4.78 is 24.8. The largest absolute Gasteiger partial charge is 0.497 e. The number of hydrogen-bond donors (Lipinski definition) is 1. The molecule has 0 saturated carbocycles. The summed E-state index contributed by atoms with van der Waals surface area (Å²) in [6, 6.07) is 22.5. The SMILES string of the molecule is COc1ccc(N2C(=O)NC(=O)/C(=C\c3c(OCc4cccc(F)c4)ccc4ccccc34)C2=O)cc1. The standard InChI is InChI=1S/C29H21FN2O5/c1-36-22-12-10-21(11-13-22)32-28(34)25(27(33)31-29(32)35)16-24-23-8-3-2-6-19(23)9-14-26(24)37-17-18-5-4-7-20(30)15-18/h2-16H,17H2,1H3,(H,31,33,35)/b25-16+. The number of ether oxygens (including phenoxy) is 2. The molecule has 0 spiro atoms. The van der Waals surface area contributed by atoms with E-state index in [2.05, 4.69) is 5.32 Å². The normalized spacial score (nSPS) is 14.7. The maximum absolute atomic E-state index is 13.6. The van der Waals surface area contributed by atoms with Crippen molar-refractivity contribution in [2.75, 3.05) is 12.0 Å². The Labute approximate surface area is 211 Å². The van der Waals surface area contributed by atoms with Crippen molar-refractivity contribution >= 4 is 40.4 Å². The summed E-state index contributed by atoms with van der Waals surface area (Å²) >= 11 is 0. The number of barbiturate groups is 1. The molecule has 1 heterocycles. The maximum Gasteiger partial charge on any atom is 0.335 e. The van der Waals surface area contributed by atoms with Crippen LogP contribution < -0.4 is 19.7 Å². The first-order valence-electron chi connectivity index (χ1n) is 11.4. The minimum atomic E-state index is -0.849. The Bertz CT molecular complexity index is 1560. The van der Waals surface area contributed by atoms with Crippen molar-refractivity contribution in [2.24, 2.45) is 0 Å². The van der Waals surface area contributed by atoms with Gasteiger partial charge in [0.1, 0.15) is 29.5 Å². The van der Waals surface area contributed by atoms with Gasteiger partial charge in [0.05, 0.1) is 12.8 Å². The molecule has 5 rings (SSSR count). The van der Waals surface area contributed by atoms with Crippen LogP contribution in [0.2, 0.25) is 0 Å².